The minimum atomic E-state index is 0.241. The first-order valence-electron chi connectivity index (χ1n) is 5.65. The van der Waals surface area contributed by atoms with Crippen molar-refractivity contribution in [2.45, 2.75) is 13.3 Å². The Morgan fingerprint density at radius 1 is 1.25 bits per heavy atom. The molecule has 0 aliphatic rings. The number of hydrogen-bond donors (Lipinski definition) is 1. The van der Waals surface area contributed by atoms with E-state index in [9.17, 15) is 4.79 Å². The fraction of sp³-hybridized carbons (Fsp3) is 0.357. The summed E-state index contributed by atoms with van der Waals surface area (Å²) in [6, 6.07) is 9.95. The summed E-state index contributed by atoms with van der Waals surface area (Å²) < 4.78 is 0. The molecule has 2 nitrogen and oxygen atoms in total. The Labute approximate surface area is 97.6 Å². The van der Waals surface area contributed by atoms with E-state index in [1.54, 1.807) is 0 Å². The molecule has 1 aromatic rings. The van der Waals surface area contributed by atoms with Crippen LogP contribution in [0.4, 0.5) is 0 Å². The van der Waals surface area contributed by atoms with Gasteiger partial charge in [0, 0.05) is 0 Å². The zero-order valence-corrected chi connectivity index (χ0v) is 10.3. The minimum absolute atomic E-state index is 0.241. The van der Waals surface area contributed by atoms with Gasteiger partial charge in [-0.1, -0.05) is 30.3 Å². The summed E-state index contributed by atoms with van der Waals surface area (Å²) >= 11 is 0. The van der Waals surface area contributed by atoms with Crippen LogP contribution in [-0.2, 0) is 4.79 Å². The molecule has 0 fully saturated rings. The van der Waals surface area contributed by atoms with Crippen LogP contribution in [0.25, 0.3) is 6.08 Å². The summed E-state index contributed by atoms with van der Waals surface area (Å²) in [5, 5.41) is 0. The first-order chi connectivity index (χ1) is 7.59. The summed E-state index contributed by atoms with van der Waals surface area (Å²) in [4.78, 5) is 13.1. The Kier molecular flexibility index (Phi) is 4.93. The lowest BCUT2D eigenvalue weighted by atomic mass is 10.1. The molecule has 0 unspecified atom stereocenters. The van der Waals surface area contributed by atoms with Gasteiger partial charge in [0.15, 0.2) is 5.78 Å². The van der Waals surface area contributed by atoms with E-state index in [1.807, 2.05) is 43.3 Å². The second-order valence-electron chi connectivity index (χ2n) is 4.37. The zero-order chi connectivity index (χ0) is 12.0. The second kappa shape index (κ2) is 6.23. The van der Waals surface area contributed by atoms with Gasteiger partial charge >= 0.3 is 0 Å². The molecule has 0 saturated carbocycles. The number of hydrogen-bond acceptors (Lipinski definition) is 1. The number of quaternary nitrogens is 1. The normalized spacial score (nSPS) is 11.9. The molecule has 1 aromatic carbocycles. The van der Waals surface area contributed by atoms with Crippen molar-refractivity contribution in [2.24, 2.45) is 0 Å². The number of carbonyl (C=O) groups is 1. The van der Waals surface area contributed by atoms with Crippen molar-refractivity contribution in [2.75, 3.05) is 20.6 Å². The molecule has 0 spiro atoms. The van der Waals surface area contributed by atoms with E-state index in [4.69, 9.17) is 0 Å². The molecule has 0 aliphatic carbocycles. The van der Waals surface area contributed by atoms with Crippen LogP contribution in [0.15, 0.2) is 35.9 Å². The molecule has 0 aromatic heterocycles. The van der Waals surface area contributed by atoms with E-state index in [-0.39, 0.29) is 5.78 Å². The average molecular weight is 218 g/mol. The van der Waals surface area contributed by atoms with Gasteiger partial charge in [-0.15, -0.1) is 0 Å². The monoisotopic (exact) mass is 218 g/mol. The highest BCUT2D eigenvalue weighted by atomic mass is 16.1. The second-order valence-corrected chi connectivity index (χ2v) is 4.37. The molecule has 0 bridgehead atoms. The maximum Gasteiger partial charge on any atom is 0.164 e. The lowest BCUT2D eigenvalue weighted by Gasteiger charge is -2.06. The van der Waals surface area contributed by atoms with Gasteiger partial charge in [-0.05, 0) is 24.1 Å². The number of rotatable bonds is 5. The predicted octanol–water partition coefficient (Wildman–Crippen LogP) is 1.19. The van der Waals surface area contributed by atoms with Crippen molar-refractivity contribution in [3.63, 3.8) is 0 Å². The third-order valence-electron chi connectivity index (χ3n) is 2.47. The molecule has 0 atom stereocenters. The van der Waals surface area contributed by atoms with Crippen LogP contribution in [0.1, 0.15) is 18.9 Å². The van der Waals surface area contributed by atoms with Gasteiger partial charge < -0.3 is 4.90 Å². The highest BCUT2D eigenvalue weighted by molar-refractivity contribution is 5.98. The number of Topliss-reactive ketones (excluding diaryl/α,β-unsaturated/α-hetero) is 1. The topological polar surface area (TPSA) is 21.5 Å². The molecular weight excluding hydrogens is 198 g/mol. The molecule has 0 radical (unpaired) electrons. The van der Waals surface area contributed by atoms with Gasteiger partial charge in [0.1, 0.15) is 0 Å². The van der Waals surface area contributed by atoms with Gasteiger partial charge in [-0.25, -0.2) is 0 Å². The molecule has 16 heavy (non-hydrogen) atoms. The highest BCUT2D eigenvalue weighted by Gasteiger charge is 2.06. The van der Waals surface area contributed by atoms with Crippen LogP contribution in [0.2, 0.25) is 0 Å². The summed E-state index contributed by atoms with van der Waals surface area (Å²) in [5.74, 6) is 0.241. The van der Waals surface area contributed by atoms with E-state index >= 15 is 0 Å². The fourth-order valence-corrected chi connectivity index (χ4v) is 1.44. The van der Waals surface area contributed by atoms with E-state index in [0.29, 0.717) is 6.42 Å². The fourth-order valence-electron chi connectivity index (χ4n) is 1.44. The highest BCUT2D eigenvalue weighted by Crippen LogP contribution is 2.07. The van der Waals surface area contributed by atoms with E-state index in [2.05, 4.69) is 14.1 Å². The molecule has 0 heterocycles. The van der Waals surface area contributed by atoms with Crippen LogP contribution in [0.5, 0.6) is 0 Å². The van der Waals surface area contributed by atoms with E-state index < -0.39 is 0 Å². The van der Waals surface area contributed by atoms with Crippen LogP contribution >= 0.6 is 0 Å². The Morgan fingerprint density at radius 3 is 2.44 bits per heavy atom. The van der Waals surface area contributed by atoms with Crippen LogP contribution in [0, 0.1) is 0 Å². The largest absolute Gasteiger partial charge is 0.339 e. The van der Waals surface area contributed by atoms with Gasteiger partial charge in [0.05, 0.1) is 27.1 Å². The Bertz CT molecular complexity index is 366. The van der Waals surface area contributed by atoms with Crippen molar-refractivity contribution in [1.82, 2.24) is 0 Å². The smallest absolute Gasteiger partial charge is 0.164 e. The molecule has 1 rings (SSSR count). The lowest BCUT2D eigenvalue weighted by Crippen LogP contribution is -3.05. The average Bonchev–Trinajstić information content (AvgIpc) is 2.27. The van der Waals surface area contributed by atoms with Crippen LogP contribution < -0.4 is 4.90 Å². The van der Waals surface area contributed by atoms with Gasteiger partial charge in [0.25, 0.3) is 0 Å². The van der Waals surface area contributed by atoms with Crippen molar-refractivity contribution < 1.29 is 9.69 Å². The molecule has 0 amide bonds. The maximum absolute atomic E-state index is 11.8. The Balaban J connectivity index is 2.60. The predicted molar refractivity (Wildman–Crippen MR) is 67.4 cm³/mol. The molecule has 86 valence electrons. The van der Waals surface area contributed by atoms with Crippen LogP contribution in [0.3, 0.4) is 0 Å². The standard InChI is InChI=1S/C14H19NO/c1-12(14(16)9-10-15(2)3)11-13-7-5-4-6-8-13/h4-8,11H,9-10H2,1-3H3/p+1/b12-11+. The number of carbonyl (C=O) groups excluding carboxylic acids is 1. The minimum Gasteiger partial charge on any atom is -0.339 e. The maximum atomic E-state index is 11.8. The SMILES string of the molecule is C/C(=C\c1ccccc1)C(=O)CC[NH+](C)C. The quantitative estimate of drug-likeness (QED) is 0.737. The van der Waals surface area contributed by atoms with Crippen molar-refractivity contribution in [3.8, 4) is 0 Å². The first-order valence-corrected chi connectivity index (χ1v) is 5.65. The van der Waals surface area contributed by atoms with Gasteiger partial charge in [-0.2, -0.15) is 0 Å². The number of nitrogens with one attached hydrogen (secondary N) is 1. The molecular formula is C14H20NO+. The van der Waals surface area contributed by atoms with E-state index in [1.165, 1.54) is 4.90 Å². The van der Waals surface area contributed by atoms with E-state index in [0.717, 1.165) is 17.7 Å². The summed E-state index contributed by atoms with van der Waals surface area (Å²) in [5.41, 5.74) is 1.93. The number of benzene rings is 1. The third kappa shape index (κ3) is 4.41. The van der Waals surface area contributed by atoms with Gasteiger partial charge in [0.2, 0.25) is 0 Å². The number of ketones is 1. The van der Waals surface area contributed by atoms with Crippen molar-refractivity contribution >= 4 is 11.9 Å². The van der Waals surface area contributed by atoms with Crippen molar-refractivity contribution in [1.29, 1.82) is 0 Å². The number of allylic oxidation sites excluding steroid dienone is 1. The summed E-state index contributed by atoms with van der Waals surface area (Å²) in [6.45, 7) is 2.78. The van der Waals surface area contributed by atoms with Gasteiger partial charge in [-0.3, -0.25) is 4.79 Å². The lowest BCUT2D eigenvalue weighted by molar-refractivity contribution is -0.857. The summed E-state index contributed by atoms with van der Waals surface area (Å²) in [7, 11) is 4.12. The van der Waals surface area contributed by atoms with Crippen LogP contribution in [-0.4, -0.2) is 26.4 Å². The molecule has 0 aliphatic heterocycles. The Morgan fingerprint density at radius 2 is 1.88 bits per heavy atom. The Hall–Kier alpha value is -1.41. The van der Waals surface area contributed by atoms with Crippen molar-refractivity contribution in [3.05, 3.63) is 41.5 Å². The molecule has 1 N–H and O–H groups in total. The molecule has 2 heteroatoms. The third-order valence-corrected chi connectivity index (χ3v) is 2.47. The first kappa shape index (κ1) is 12.7. The molecule has 0 saturated heterocycles. The summed E-state index contributed by atoms with van der Waals surface area (Å²) in [6.07, 6.45) is 2.57. The zero-order valence-electron chi connectivity index (χ0n) is 10.3.